The number of anilines is 2. The molecule has 1 saturated heterocycles. The summed E-state index contributed by atoms with van der Waals surface area (Å²) in [5, 5.41) is 7.92. The molecule has 0 radical (unpaired) electrons. The molecule has 0 saturated carbocycles. The van der Waals surface area contributed by atoms with E-state index in [0.717, 1.165) is 36.6 Å². The highest BCUT2D eigenvalue weighted by Crippen LogP contribution is 2.29. The molecule has 1 aromatic rings. The summed E-state index contributed by atoms with van der Waals surface area (Å²) in [6, 6.07) is 0.255. The maximum Gasteiger partial charge on any atom is 0.148 e. The van der Waals surface area contributed by atoms with E-state index in [1.165, 1.54) is 0 Å². The lowest BCUT2D eigenvalue weighted by molar-refractivity contribution is 0.0995. The zero-order valence-corrected chi connectivity index (χ0v) is 11.7. The SMILES string of the molecule is CC(C)c1nn(C)c(NC(C)C2CCCO2)c1N. The van der Waals surface area contributed by atoms with Gasteiger partial charge in [0.05, 0.1) is 23.5 Å². The van der Waals surface area contributed by atoms with Gasteiger partial charge in [0.15, 0.2) is 0 Å². The van der Waals surface area contributed by atoms with Crippen molar-refractivity contribution in [2.24, 2.45) is 7.05 Å². The van der Waals surface area contributed by atoms with Gasteiger partial charge >= 0.3 is 0 Å². The molecule has 1 aliphatic heterocycles. The molecule has 2 rings (SSSR count). The Bertz CT molecular complexity index is 407. The van der Waals surface area contributed by atoms with Gasteiger partial charge in [0.25, 0.3) is 0 Å². The predicted octanol–water partition coefficient (Wildman–Crippen LogP) is 2.11. The van der Waals surface area contributed by atoms with Crippen molar-refractivity contribution in [3.05, 3.63) is 5.69 Å². The third-order valence-electron chi connectivity index (χ3n) is 3.55. The van der Waals surface area contributed by atoms with Crippen molar-refractivity contribution >= 4 is 11.5 Å². The number of nitrogens with zero attached hydrogens (tertiary/aromatic N) is 2. The molecule has 2 heterocycles. The Balaban J connectivity index is 2.13. The van der Waals surface area contributed by atoms with Gasteiger partial charge in [0.1, 0.15) is 5.82 Å². The van der Waals surface area contributed by atoms with Crippen LogP contribution in [0.3, 0.4) is 0 Å². The number of aromatic nitrogens is 2. The van der Waals surface area contributed by atoms with E-state index in [4.69, 9.17) is 10.5 Å². The number of nitrogens with two attached hydrogens (primary N) is 1. The molecular formula is C13H24N4O. The van der Waals surface area contributed by atoms with Gasteiger partial charge in [0.2, 0.25) is 0 Å². The highest BCUT2D eigenvalue weighted by atomic mass is 16.5. The summed E-state index contributed by atoms with van der Waals surface area (Å²) in [5.74, 6) is 1.24. The van der Waals surface area contributed by atoms with Crippen molar-refractivity contribution < 1.29 is 4.74 Å². The fourth-order valence-corrected chi connectivity index (χ4v) is 2.46. The second kappa shape index (κ2) is 5.18. The average Bonchev–Trinajstić information content (AvgIpc) is 2.92. The maximum absolute atomic E-state index is 6.17. The van der Waals surface area contributed by atoms with Crippen molar-refractivity contribution in [2.45, 2.75) is 51.7 Å². The fourth-order valence-electron chi connectivity index (χ4n) is 2.46. The topological polar surface area (TPSA) is 65.1 Å². The van der Waals surface area contributed by atoms with E-state index in [0.29, 0.717) is 5.92 Å². The number of rotatable bonds is 4. The van der Waals surface area contributed by atoms with Crippen LogP contribution in [0.2, 0.25) is 0 Å². The molecule has 1 fully saturated rings. The van der Waals surface area contributed by atoms with Gasteiger partial charge < -0.3 is 15.8 Å². The second-order valence-corrected chi connectivity index (χ2v) is 5.41. The number of hydrogen-bond acceptors (Lipinski definition) is 4. The summed E-state index contributed by atoms with van der Waals surface area (Å²) in [6.45, 7) is 7.21. The summed E-state index contributed by atoms with van der Waals surface area (Å²) in [6.07, 6.45) is 2.54. The zero-order chi connectivity index (χ0) is 13.3. The third-order valence-corrected chi connectivity index (χ3v) is 3.55. The Morgan fingerprint density at radius 1 is 1.44 bits per heavy atom. The maximum atomic E-state index is 6.17. The van der Waals surface area contributed by atoms with Crippen molar-refractivity contribution in [3.63, 3.8) is 0 Å². The molecule has 0 spiro atoms. The Morgan fingerprint density at radius 2 is 2.17 bits per heavy atom. The van der Waals surface area contributed by atoms with Crippen LogP contribution in [0.15, 0.2) is 0 Å². The monoisotopic (exact) mass is 252 g/mol. The minimum Gasteiger partial charge on any atom is -0.394 e. The van der Waals surface area contributed by atoms with E-state index in [-0.39, 0.29) is 12.1 Å². The van der Waals surface area contributed by atoms with Crippen LogP contribution in [0.1, 0.15) is 45.2 Å². The fraction of sp³-hybridized carbons (Fsp3) is 0.769. The summed E-state index contributed by atoms with van der Waals surface area (Å²) >= 11 is 0. The Hall–Kier alpha value is -1.23. The summed E-state index contributed by atoms with van der Waals surface area (Å²) in [7, 11) is 1.92. The van der Waals surface area contributed by atoms with Gasteiger partial charge in [-0.15, -0.1) is 0 Å². The first-order valence-corrected chi connectivity index (χ1v) is 6.71. The molecule has 1 aromatic heterocycles. The molecule has 1 aliphatic rings. The number of ether oxygens (including phenoxy) is 1. The van der Waals surface area contributed by atoms with Gasteiger partial charge in [-0.1, -0.05) is 13.8 Å². The minimum absolute atomic E-state index is 0.255. The molecule has 2 atom stereocenters. The van der Waals surface area contributed by atoms with Crippen LogP contribution in [-0.2, 0) is 11.8 Å². The third kappa shape index (κ3) is 2.46. The van der Waals surface area contributed by atoms with Crippen molar-refractivity contribution in [1.29, 1.82) is 0 Å². The van der Waals surface area contributed by atoms with Crippen LogP contribution in [-0.4, -0.2) is 28.5 Å². The highest BCUT2D eigenvalue weighted by Gasteiger charge is 2.24. The normalized spacial score (nSPS) is 21.5. The zero-order valence-electron chi connectivity index (χ0n) is 11.7. The quantitative estimate of drug-likeness (QED) is 0.861. The Morgan fingerprint density at radius 3 is 2.67 bits per heavy atom. The van der Waals surface area contributed by atoms with Crippen LogP contribution >= 0.6 is 0 Å². The number of nitrogen functional groups attached to an aromatic ring is 1. The van der Waals surface area contributed by atoms with Crippen LogP contribution in [0.5, 0.6) is 0 Å². The van der Waals surface area contributed by atoms with E-state index in [9.17, 15) is 0 Å². The standard InChI is InChI=1S/C13H24N4O/c1-8(2)12-11(14)13(17(4)16-12)15-9(3)10-6-5-7-18-10/h8-10,15H,5-7,14H2,1-4H3. The Labute approximate surface area is 109 Å². The smallest absolute Gasteiger partial charge is 0.148 e. The van der Waals surface area contributed by atoms with Gasteiger partial charge in [-0.2, -0.15) is 5.10 Å². The number of nitrogens with one attached hydrogen (secondary N) is 1. The van der Waals surface area contributed by atoms with Crippen LogP contribution in [0.4, 0.5) is 11.5 Å². The van der Waals surface area contributed by atoms with E-state index in [1.807, 2.05) is 11.7 Å². The van der Waals surface area contributed by atoms with Gasteiger partial charge in [-0.25, -0.2) is 0 Å². The average molecular weight is 252 g/mol. The molecule has 2 unspecified atom stereocenters. The lowest BCUT2D eigenvalue weighted by atomic mass is 10.1. The van der Waals surface area contributed by atoms with Gasteiger partial charge in [0, 0.05) is 13.7 Å². The minimum atomic E-state index is 0.255. The van der Waals surface area contributed by atoms with Gasteiger partial charge in [-0.05, 0) is 25.7 Å². The van der Waals surface area contributed by atoms with Crippen molar-refractivity contribution in [1.82, 2.24) is 9.78 Å². The summed E-state index contributed by atoms with van der Waals surface area (Å²) in [5.41, 5.74) is 7.88. The largest absolute Gasteiger partial charge is 0.394 e. The van der Waals surface area contributed by atoms with Crippen molar-refractivity contribution in [3.8, 4) is 0 Å². The number of aryl methyl sites for hydroxylation is 1. The number of hydrogen-bond donors (Lipinski definition) is 2. The van der Waals surface area contributed by atoms with Crippen molar-refractivity contribution in [2.75, 3.05) is 17.7 Å². The molecule has 0 bridgehead atoms. The van der Waals surface area contributed by atoms with Gasteiger partial charge in [-0.3, -0.25) is 4.68 Å². The Kier molecular flexibility index (Phi) is 3.80. The molecule has 18 heavy (non-hydrogen) atoms. The van der Waals surface area contributed by atoms with E-state index >= 15 is 0 Å². The van der Waals surface area contributed by atoms with Crippen LogP contribution in [0.25, 0.3) is 0 Å². The molecule has 0 aromatic carbocycles. The molecule has 3 N–H and O–H groups in total. The molecule has 102 valence electrons. The van der Waals surface area contributed by atoms with Crippen LogP contribution < -0.4 is 11.1 Å². The second-order valence-electron chi connectivity index (χ2n) is 5.41. The van der Waals surface area contributed by atoms with E-state index in [2.05, 4.69) is 31.2 Å². The lowest BCUT2D eigenvalue weighted by Crippen LogP contribution is -2.31. The molecule has 0 amide bonds. The molecular weight excluding hydrogens is 228 g/mol. The molecule has 5 heteroatoms. The summed E-state index contributed by atoms with van der Waals surface area (Å²) in [4.78, 5) is 0. The van der Waals surface area contributed by atoms with Crippen LogP contribution in [0, 0.1) is 0 Å². The lowest BCUT2D eigenvalue weighted by Gasteiger charge is -2.21. The first-order valence-electron chi connectivity index (χ1n) is 6.71. The highest BCUT2D eigenvalue weighted by molar-refractivity contribution is 5.66. The molecule has 5 nitrogen and oxygen atoms in total. The van der Waals surface area contributed by atoms with E-state index in [1.54, 1.807) is 0 Å². The predicted molar refractivity (Wildman–Crippen MR) is 73.8 cm³/mol. The first kappa shape index (κ1) is 13.2. The molecule has 0 aliphatic carbocycles. The first-order chi connectivity index (χ1) is 8.50. The summed E-state index contributed by atoms with van der Waals surface area (Å²) < 4.78 is 7.52. The van der Waals surface area contributed by atoms with E-state index < -0.39 is 0 Å².